The molecule has 1 aliphatic heterocycles. The monoisotopic (exact) mass is 712 g/mol. The van der Waals surface area contributed by atoms with Gasteiger partial charge in [0.05, 0.1) is 34.7 Å². The van der Waals surface area contributed by atoms with Gasteiger partial charge in [-0.2, -0.15) is 15.6 Å². The molecular weight excluding hydrogens is 673 g/mol. The summed E-state index contributed by atoms with van der Waals surface area (Å²) in [7, 11) is 0. The Morgan fingerprint density at radius 3 is 1.96 bits per heavy atom. The van der Waals surface area contributed by atoms with Crippen LogP contribution >= 0.6 is 0 Å². The van der Waals surface area contributed by atoms with E-state index < -0.39 is 23.2 Å². The van der Waals surface area contributed by atoms with E-state index in [9.17, 15) is 20.1 Å². The lowest BCUT2D eigenvalue weighted by molar-refractivity contribution is -0.121. The molecule has 1 aromatic heterocycles. The van der Waals surface area contributed by atoms with Crippen LogP contribution in [0.2, 0.25) is 0 Å². The minimum atomic E-state index is -0.983. The average molecular weight is 713 g/mol. The molecule has 1 fully saturated rings. The number of nitriles is 2. The summed E-state index contributed by atoms with van der Waals surface area (Å²) in [6.07, 6.45) is 0.816. The summed E-state index contributed by atoms with van der Waals surface area (Å²) in [4.78, 5) is 28.9. The fourth-order valence-corrected chi connectivity index (χ4v) is 7.39. The molecule has 2 amide bonds. The fraction of sp³-hybridized carbons (Fsp3) is 0.222. The molecule has 0 bridgehead atoms. The number of hydrogen-bond acceptors (Lipinski definition) is 6. The van der Waals surface area contributed by atoms with Crippen molar-refractivity contribution in [3.8, 4) is 23.3 Å². The van der Waals surface area contributed by atoms with Gasteiger partial charge in [0, 0.05) is 24.0 Å². The van der Waals surface area contributed by atoms with E-state index in [-0.39, 0.29) is 12.5 Å². The highest BCUT2D eigenvalue weighted by molar-refractivity contribution is 6.02. The third-order valence-electron chi connectivity index (χ3n) is 9.84. The van der Waals surface area contributed by atoms with E-state index in [0.29, 0.717) is 52.8 Å². The Hall–Kier alpha value is -6.71. The molecule has 7 rings (SSSR count). The van der Waals surface area contributed by atoms with Crippen LogP contribution in [0, 0.1) is 28.6 Å². The zero-order chi connectivity index (χ0) is 37.9. The van der Waals surface area contributed by atoms with Crippen LogP contribution < -0.4 is 5.32 Å². The van der Waals surface area contributed by atoms with E-state index in [1.54, 1.807) is 23.1 Å². The fourth-order valence-electron chi connectivity index (χ4n) is 7.39. The predicted octanol–water partition coefficient (Wildman–Crippen LogP) is 8.87. The van der Waals surface area contributed by atoms with Crippen molar-refractivity contribution in [2.45, 2.75) is 44.8 Å². The van der Waals surface area contributed by atoms with Gasteiger partial charge in [-0.15, -0.1) is 0 Å². The van der Waals surface area contributed by atoms with Crippen molar-refractivity contribution in [3.05, 3.63) is 155 Å². The third-order valence-corrected chi connectivity index (χ3v) is 9.84. The van der Waals surface area contributed by atoms with Gasteiger partial charge in [0.25, 0.3) is 0 Å². The second-order valence-electron chi connectivity index (χ2n) is 14.5. The SMILES string of the molecule is CC(C)(C)OC(=O)N1CCC[C@@H](C(=O)Nc2nn(C(c3ccccc3)(c3ccccc3)c3ccccc3)c3ccc(-c4cc(C#N)ccc4C#N)cc23)C1. The number of fused-ring (bicyclic) bond motifs is 1. The normalized spacial score (nSPS) is 14.5. The molecule has 1 saturated heterocycles. The van der Waals surface area contributed by atoms with Gasteiger partial charge in [-0.1, -0.05) is 97.1 Å². The number of nitrogens with zero attached hydrogens (tertiary/aromatic N) is 5. The number of anilines is 1. The van der Waals surface area contributed by atoms with Crippen molar-refractivity contribution >= 4 is 28.7 Å². The molecule has 54 heavy (non-hydrogen) atoms. The lowest BCUT2D eigenvalue weighted by Gasteiger charge is -2.37. The molecule has 1 aliphatic rings. The maximum atomic E-state index is 14.3. The molecular formula is C45H40N6O3. The third kappa shape index (κ3) is 6.80. The highest BCUT2D eigenvalue weighted by Crippen LogP contribution is 2.44. The topological polar surface area (TPSA) is 124 Å². The lowest BCUT2D eigenvalue weighted by atomic mass is 9.77. The van der Waals surface area contributed by atoms with Crippen molar-refractivity contribution < 1.29 is 14.3 Å². The van der Waals surface area contributed by atoms with Gasteiger partial charge in [0.1, 0.15) is 11.1 Å². The highest BCUT2D eigenvalue weighted by Gasteiger charge is 2.41. The lowest BCUT2D eigenvalue weighted by Crippen LogP contribution is -2.45. The Kier molecular flexibility index (Phi) is 9.73. The van der Waals surface area contributed by atoms with Gasteiger partial charge in [-0.3, -0.25) is 4.79 Å². The van der Waals surface area contributed by atoms with Gasteiger partial charge in [-0.05, 0) is 86.2 Å². The van der Waals surface area contributed by atoms with E-state index in [1.165, 1.54) is 0 Å². The maximum absolute atomic E-state index is 14.3. The van der Waals surface area contributed by atoms with Gasteiger partial charge in [0.2, 0.25) is 5.91 Å². The number of carbonyl (C=O) groups excluding carboxylic acids is 2. The van der Waals surface area contributed by atoms with Crippen molar-refractivity contribution in [1.29, 1.82) is 10.5 Å². The van der Waals surface area contributed by atoms with Crippen molar-refractivity contribution in [3.63, 3.8) is 0 Å². The van der Waals surface area contributed by atoms with Crippen molar-refractivity contribution in [2.75, 3.05) is 18.4 Å². The standard InChI is InChI=1S/C45H40N6O3/c1-44(2,3)54-43(53)50-25-13-14-34(30-50)42(52)48-41-39-27-32(38-26-31(28-46)21-22-33(38)29-47)23-24-40(39)51(49-41)45(35-15-7-4-8-16-35,36-17-9-5-10-18-36)37-19-11-6-12-20-37/h4-12,15-24,26-27,34H,13-14,25,30H2,1-3H3,(H,48,49,52)/t34-/m1/s1. The first-order chi connectivity index (χ1) is 26.1. The second-order valence-corrected chi connectivity index (χ2v) is 14.5. The van der Waals surface area contributed by atoms with E-state index in [2.05, 4.69) is 53.9 Å². The number of hydrogen-bond donors (Lipinski definition) is 1. The Bertz CT molecular complexity index is 2310. The molecule has 0 radical (unpaired) electrons. The van der Waals surface area contributed by atoms with Gasteiger partial charge in [-0.25, -0.2) is 9.48 Å². The zero-order valence-corrected chi connectivity index (χ0v) is 30.5. The van der Waals surface area contributed by atoms with E-state index in [0.717, 1.165) is 22.2 Å². The zero-order valence-electron chi connectivity index (χ0n) is 30.5. The molecule has 9 heteroatoms. The van der Waals surface area contributed by atoms with E-state index >= 15 is 0 Å². The quantitative estimate of drug-likeness (QED) is 0.165. The van der Waals surface area contributed by atoms with Crippen LogP contribution in [0.1, 0.15) is 61.4 Å². The first kappa shape index (κ1) is 35.7. The molecule has 2 heterocycles. The van der Waals surface area contributed by atoms with Crippen LogP contribution in [-0.4, -0.2) is 45.4 Å². The molecule has 268 valence electrons. The Morgan fingerprint density at radius 2 is 1.41 bits per heavy atom. The molecule has 1 N–H and O–H groups in total. The number of amides is 2. The van der Waals surface area contributed by atoms with Crippen LogP contribution in [0.15, 0.2) is 127 Å². The number of likely N-dealkylation sites (tertiary alicyclic amines) is 1. The van der Waals surface area contributed by atoms with Gasteiger partial charge >= 0.3 is 6.09 Å². The summed E-state index contributed by atoms with van der Waals surface area (Å²) in [5.41, 5.74) is 4.13. The molecule has 5 aromatic carbocycles. The summed E-state index contributed by atoms with van der Waals surface area (Å²) >= 11 is 0. The number of ether oxygens (including phenoxy) is 1. The van der Waals surface area contributed by atoms with Crippen LogP contribution in [0.4, 0.5) is 10.6 Å². The summed E-state index contributed by atoms with van der Waals surface area (Å²) in [5, 5.41) is 28.9. The summed E-state index contributed by atoms with van der Waals surface area (Å²) < 4.78 is 7.61. The number of benzene rings is 5. The Labute approximate surface area is 315 Å². The first-order valence-corrected chi connectivity index (χ1v) is 18.1. The molecule has 9 nitrogen and oxygen atoms in total. The van der Waals surface area contributed by atoms with Crippen LogP contribution in [0.3, 0.4) is 0 Å². The van der Waals surface area contributed by atoms with Crippen LogP contribution in [0.25, 0.3) is 22.0 Å². The number of carbonyl (C=O) groups is 2. The van der Waals surface area contributed by atoms with E-state index in [4.69, 9.17) is 9.84 Å². The number of piperidine rings is 1. The Balaban J connectivity index is 1.44. The van der Waals surface area contributed by atoms with Crippen LogP contribution in [0.5, 0.6) is 0 Å². The predicted molar refractivity (Wildman–Crippen MR) is 208 cm³/mol. The van der Waals surface area contributed by atoms with E-state index in [1.807, 2.05) is 98.2 Å². The first-order valence-electron chi connectivity index (χ1n) is 18.1. The molecule has 1 atom stereocenters. The molecule has 0 aliphatic carbocycles. The smallest absolute Gasteiger partial charge is 0.410 e. The van der Waals surface area contributed by atoms with Crippen molar-refractivity contribution in [2.24, 2.45) is 5.92 Å². The molecule has 6 aromatic rings. The minimum Gasteiger partial charge on any atom is -0.444 e. The number of nitrogens with one attached hydrogen (secondary N) is 1. The summed E-state index contributed by atoms with van der Waals surface area (Å²) in [5.74, 6) is -0.406. The summed E-state index contributed by atoms with van der Waals surface area (Å²) in [6, 6.07) is 45.7. The maximum Gasteiger partial charge on any atom is 0.410 e. The molecule has 0 saturated carbocycles. The van der Waals surface area contributed by atoms with Gasteiger partial charge < -0.3 is 15.0 Å². The molecule has 0 spiro atoms. The van der Waals surface area contributed by atoms with Crippen LogP contribution in [-0.2, 0) is 15.1 Å². The highest BCUT2D eigenvalue weighted by atomic mass is 16.6. The number of aromatic nitrogens is 2. The molecule has 0 unspecified atom stereocenters. The Morgan fingerprint density at radius 1 is 0.796 bits per heavy atom. The number of rotatable bonds is 7. The average Bonchev–Trinajstić information content (AvgIpc) is 3.55. The van der Waals surface area contributed by atoms with Gasteiger partial charge in [0.15, 0.2) is 5.82 Å². The second kappa shape index (κ2) is 14.7. The summed E-state index contributed by atoms with van der Waals surface area (Å²) in [6.45, 7) is 6.21. The largest absolute Gasteiger partial charge is 0.444 e. The minimum absolute atomic E-state index is 0.221. The van der Waals surface area contributed by atoms with Crippen molar-refractivity contribution in [1.82, 2.24) is 14.7 Å².